The Morgan fingerprint density at radius 1 is 1.67 bits per heavy atom. The number of pyridine rings is 1. The Balaban J connectivity index is 2.97. The topological polar surface area (TPSA) is 33.1 Å². The normalized spacial score (nSPS) is 8.92. The van der Waals surface area contributed by atoms with Crippen LogP contribution in [0.15, 0.2) is 12.3 Å². The van der Waals surface area contributed by atoms with Crippen molar-refractivity contribution in [1.29, 1.82) is 0 Å². The first-order valence-electron chi connectivity index (χ1n) is 3.46. The van der Waals surface area contributed by atoms with Crippen LogP contribution in [0.1, 0.15) is 11.3 Å². The lowest BCUT2D eigenvalue weighted by Crippen LogP contribution is -1.88. The zero-order valence-electron chi connectivity index (χ0n) is 6.63. The Morgan fingerprint density at radius 3 is 3.00 bits per heavy atom. The smallest absolute Gasteiger partial charge is 0.144 e. The highest BCUT2D eigenvalue weighted by Gasteiger charge is 1.96. The summed E-state index contributed by atoms with van der Waals surface area (Å²) < 4.78 is 12.7. The Hall–Kier alpha value is -1.40. The van der Waals surface area contributed by atoms with Crippen molar-refractivity contribution >= 4 is 0 Å². The molecule has 0 bridgehead atoms. The second kappa shape index (κ2) is 3.84. The maximum absolute atomic E-state index is 12.7. The van der Waals surface area contributed by atoms with Gasteiger partial charge in [0.15, 0.2) is 0 Å². The maximum atomic E-state index is 12.7. The summed E-state index contributed by atoms with van der Waals surface area (Å²) in [5, 5.41) is 8.38. The van der Waals surface area contributed by atoms with E-state index in [1.807, 2.05) is 0 Å². The van der Waals surface area contributed by atoms with Crippen LogP contribution in [0.3, 0.4) is 0 Å². The Morgan fingerprint density at radius 2 is 2.42 bits per heavy atom. The largest absolute Gasteiger partial charge is 0.384 e. The van der Waals surface area contributed by atoms with Gasteiger partial charge in [0.25, 0.3) is 0 Å². The highest BCUT2D eigenvalue weighted by molar-refractivity contribution is 5.30. The van der Waals surface area contributed by atoms with Crippen molar-refractivity contribution in [2.75, 3.05) is 6.61 Å². The Kier molecular flexibility index (Phi) is 2.78. The monoisotopic (exact) mass is 165 g/mol. The number of nitrogens with zero attached hydrogens (tertiary/aromatic N) is 1. The fourth-order valence-electron chi connectivity index (χ4n) is 0.738. The molecule has 0 spiro atoms. The third kappa shape index (κ3) is 2.04. The van der Waals surface area contributed by atoms with Crippen LogP contribution < -0.4 is 0 Å². The minimum Gasteiger partial charge on any atom is -0.384 e. The van der Waals surface area contributed by atoms with Crippen molar-refractivity contribution in [3.63, 3.8) is 0 Å². The summed E-state index contributed by atoms with van der Waals surface area (Å²) in [5.41, 5.74) is 0.982. The lowest BCUT2D eigenvalue weighted by Gasteiger charge is -1.94. The van der Waals surface area contributed by atoms with Crippen LogP contribution >= 0.6 is 0 Å². The highest BCUT2D eigenvalue weighted by atomic mass is 19.1. The Bertz CT molecular complexity index is 338. The summed E-state index contributed by atoms with van der Waals surface area (Å²) >= 11 is 0. The Labute approximate surface area is 70.1 Å². The van der Waals surface area contributed by atoms with Crippen molar-refractivity contribution in [1.82, 2.24) is 4.98 Å². The fourth-order valence-corrected chi connectivity index (χ4v) is 0.738. The van der Waals surface area contributed by atoms with E-state index in [-0.39, 0.29) is 12.4 Å². The summed E-state index contributed by atoms with van der Waals surface area (Å²) in [4.78, 5) is 3.72. The number of aliphatic hydroxyl groups excluding tert-OH is 1. The van der Waals surface area contributed by atoms with Crippen LogP contribution in [-0.4, -0.2) is 16.7 Å². The summed E-state index contributed by atoms with van der Waals surface area (Å²) in [6, 6.07) is 1.54. The molecule has 1 heterocycles. The molecule has 1 N–H and O–H groups in total. The van der Waals surface area contributed by atoms with Gasteiger partial charge in [0.05, 0.1) is 6.20 Å². The number of halogens is 1. The molecule has 1 aromatic heterocycles. The molecule has 12 heavy (non-hydrogen) atoms. The van der Waals surface area contributed by atoms with Crippen LogP contribution in [0.5, 0.6) is 0 Å². The van der Waals surface area contributed by atoms with E-state index >= 15 is 0 Å². The number of aryl methyl sites for hydroxylation is 1. The molecule has 0 unspecified atom stereocenters. The van der Waals surface area contributed by atoms with Gasteiger partial charge >= 0.3 is 0 Å². The van der Waals surface area contributed by atoms with Crippen LogP contribution in [0.25, 0.3) is 0 Å². The molecule has 0 aromatic carbocycles. The zero-order chi connectivity index (χ0) is 8.97. The van der Waals surface area contributed by atoms with Crippen LogP contribution in [0.2, 0.25) is 0 Å². The van der Waals surface area contributed by atoms with E-state index < -0.39 is 0 Å². The van der Waals surface area contributed by atoms with E-state index in [0.29, 0.717) is 11.3 Å². The van der Waals surface area contributed by atoms with Gasteiger partial charge in [0.2, 0.25) is 0 Å². The molecule has 0 radical (unpaired) electrons. The van der Waals surface area contributed by atoms with E-state index in [2.05, 4.69) is 16.8 Å². The number of rotatable bonds is 0. The van der Waals surface area contributed by atoms with E-state index in [4.69, 9.17) is 5.11 Å². The van der Waals surface area contributed by atoms with Gasteiger partial charge in [-0.05, 0) is 24.5 Å². The van der Waals surface area contributed by atoms with Crippen LogP contribution in [0.4, 0.5) is 4.39 Å². The van der Waals surface area contributed by atoms with Crippen molar-refractivity contribution in [2.45, 2.75) is 6.92 Å². The molecule has 0 aliphatic rings. The molecule has 0 atom stereocenters. The van der Waals surface area contributed by atoms with Gasteiger partial charge in [-0.25, -0.2) is 9.37 Å². The minimum atomic E-state index is -0.343. The van der Waals surface area contributed by atoms with E-state index in [1.54, 1.807) is 6.92 Å². The number of aromatic nitrogens is 1. The van der Waals surface area contributed by atoms with Crippen molar-refractivity contribution in [3.05, 3.63) is 29.3 Å². The molecule has 0 amide bonds. The molecular weight excluding hydrogens is 157 g/mol. The third-order valence-corrected chi connectivity index (χ3v) is 1.34. The predicted octanol–water partition coefficient (Wildman–Crippen LogP) is 0.873. The van der Waals surface area contributed by atoms with Gasteiger partial charge in [-0.15, -0.1) is 0 Å². The van der Waals surface area contributed by atoms with Gasteiger partial charge in [0, 0.05) is 0 Å². The molecule has 0 saturated heterocycles. The van der Waals surface area contributed by atoms with Gasteiger partial charge in [-0.1, -0.05) is 5.92 Å². The van der Waals surface area contributed by atoms with Gasteiger partial charge in [-0.2, -0.15) is 0 Å². The molecule has 0 aliphatic heterocycles. The summed E-state index contributed by atoms with van der Waals surface area (Å²) in [6.45, 7) is 1.43. The van der Waals surface area contributed by atoms with Crippen molar-refractivity contribution in [3.8, 4) is 11.8 Å². The average molecular weight is 165 g/mol. The second-order valence-corrected chi connectivity index (χ2v) is 2.28. The fraction of sp³-hybridized carbons (Fsp3) is 0.222. The molecular formula is C9H8FNO. The molecule has 1 rings (SSSR count). The average Bonchev–Trinajstić information content (AvgIpc) is 2.07. The van der Waals surface area contributed by atoms with E-state index in [9.17, 15) is 4.39 Å². The van der Waals surface area contributed by atoms with Crippen LogP contribution in [-0.2, 0) is 0 Å². The summed E-state index contributed by atoms with van der Waals surface area (Å²) in [6.07, 6.45) is 1.12. The van der Waals surface area contributed by atoms with Gasteiger partial charge < -0.3 is 5.11 Å². The zero-order valence-corrected chi connectivity index (χ0v) is 6.63. The maximum Gasteiger partial charge on any atom is 0.144 e. The molecule has 1 aromatic rings. The predicted molar refractivity (Wildman–Crippen MR) is 42.9 cm³/mol. The molecule has 0 saturated carbocycles. The van der Waals surface area contributed by atoms with Gasteiger partial charge in [-0.3, -0.25) is 0 Å². The lowest BCUT2D eigenvalue weighted by molar-refractivity contribution is 0.350. The second-order valence-electron chi connectivity index (χ2n) is 2.28. The molecule has 3 heteroatoms. The summed E-state index contributed by atoms with van der Waals surface area (Å²) in [7, 11) is 0. The molecule has 2 nitrogen and oxygen atoms in total. The highest BCUT2D eigenvalue weighted by Crippen LogP contribution is 2.04. The lowest BCUT2D eigenvalue weighted by atomic mass is 10.2. The minimum absolute atomic E-state index is 0.210. The standard InChI is InChI=1S/C9H8FNO/c1-7-5-8(3-2-4-12)11-6-9(7)10/h5-6,12H,4H2,1H3. The number of hydrogen-bond donors (Lipinski definition) is 1. The molecule has 0 aliphatic carbocycles. The van der Waals surface area contributed by atoms with Crippen molar-refractivity contribution < 1.29 is 9.50 Å². The quantitative estimate of drug-likeness (QED) is 0.579. The molecule has 62 valence electrons. The van der Waals surface area contributed by atoms with Crippen LogP contribution in [0, 0.1) is 24.6 Å². The number of hydrogen-bond acceptors (Lipinski definition) is 2. The van der Waals surface area contributed by atoms with E-state index in [0.717, 1.165) is 6.20 Å². The van der Waals surface area contributed by atoms with E-state index in [1.165, 1.54) is 6.07 Å². The number of aliphatic hydroxyl groups is 1. The first-order chi connectivity index (χ1) is 5.74. The van der Waals surface area contributed by atoms with Gasteiger partial charge in [0.1, 0.15) is 18.1 Å². The first-order valence-corrected chi connectivity index (χ1v) is 3.46. The first kappa shape index (κ1) is 8.69. The van der Waals surface area contributed by atoms with Crippen molar-refractivity contribution in [2.24, 2.45) is 0 Å². The molecule has 0 fully saturated rings. The SMILES string of the molecule is Cc1cc(C#CCO)ncc1F. The summed E-state index contributed by atoms with van der Waals surface area (Å²) in [5.74, 6) is 4.67. The third-order valence-electron chi connectivity index (χ3n) is 1.34.